The Labute approximate surface area is 123 Å². The summed E-state index contributed by atoms with van der Waals surface area (Å²) in [5.41, 5.74) is -0.468. The van der Waals surface area contributed by atoms with Gasteiger partial charge in [-0.3, -0.25) is 4.84 Å². The summed E-state index contributed by atoms with van der Waals surface area (Å²) in [6.45, 7) is 16.8. The lowest BCUT2D eigenvalue weighted by Gasteiger charge is -2.56. The van der Waals surface area contributed by atoms with E-state index < -0.39 is 0 Å². The Morgan fingerprint density at radius 1 is 1.40 bits per heavy atom. The summed E-state index contributed by atoms with van der Waals surface area (Å²) >= 11 is 0. The van der Waals surface area contributed by atoms with Gasteiger partial charge in [-0.25, -0.2) is 4.79 Å². The first-order valence-electron chi connectivity index (χ1n) is 7.43. The van der Waals surface area contributed by atoms with Crippen LogP contribution in [0, 0.1) is 5.92 Å². The molecule has 1 saturated heterocycles. The maximum atomic E-state index is 11.6. The first-order valence-corrected chi connectivity index (χ1v) is 7.43. The van der Waals surface area contributed by atoms with E-state index in [1.54, 1.807) is 0 Å². The molecule has 4 nitrogen and oxygen atoms in total. The minimum absolute atomic E-state index is 0.0881. The summed E-state index contributed by atoms with van der Waals surface area (Å²) in [5, 5.41) is 2.02. The molecule has 0 radical (unpaired) electrons. The number of nitrogens with zero attached hydrogens (tertiary/aromatic N) is 1. The zero-order valence-corrected chi connectivity index (χ0v) is 13.7. The third-order valence-corrected chi connectivity index (χ3v) is 3.94. The fraction of sp³-hybridized carbons (Fsp3) is 0.812. The lowest BCUT2D eigenvalue weighted by Crippen LogP contribution is -2.67. The molecule has 0 aromatic rings. The summed E-state index contributed by atoms with van der Waals surface area (Å²) < 4.78 is 5.59. The number of hydrogen-bond acceptors (Lipinski definition) is 4. The van der Waals surface area contributed by atoms with Crippen molar-refractivity contribution in [2.45, 2.75) is 71.6 Å². The number of ether oxygens (including phenoxy) is 1. The molecule has 2 atom stereocenters. The van der Waals surface area contributed by atoms with Crippen molar-refractivity contribution in [2.75, 3.05) is 6.61 Å². The van der Waals surface area contributed by atoms with Gasteiger partial charge in [-0.05, 0) is 46.5 Å². The lowest BCUT2D eigenvalue weighted by molar-refractivity contribution is -0.312. The van der Waals surface area contributed by atoms with Crippen molar-refractivity contribution in [1.82, 2.24) is 5.06 Å². The molecule has 1 heterocycles. The molecule has 0 saturated carbocycles. The fourth-order valence-electron chi connectivity index (χ4n) is 3.53. The number of esters is 1. The number of carbonyl (C=O) groups is 1. The molecule has 0 aromatic heterocycles. The smallest absolute Gasteiger partial charge is 0.330 e. The number of piperidine rings is 1. The standard InChI is InChI=1S/C16H29NO3/c1-8-10-19-17-15(4,5)11-12(3)14(16(17,6)7)20-13(18)9-2/h9,12,14H,2,8,10-11H2,1,3-7H3. The van der Waals surface area contributed by atoms with E-state index in [1.807, 2.05) is 5.06 Å². The third-order valence-electron chi connectivity index (χ3n) is 3.94. The number of hydroxylamine groups is 2. The Morgan fingerprint density at radius 2 is 2.00 bits per heavy atom. The quantitative estimate of drug-likeness (QED) is 0.573. The van der Waals surface area contributed by atoms with Crippen LogP contribution in [0.25, 0.3) is 0 Å². The van der Waals surface area contributed by atoms with Crippen molar-refractivity contribution < 1.29 is 14.4 Å². The summed E-state index contributed by atoms with van der Waals surface area (Å²) in [6.07, 6.45) is 2.88. The zero-order valence-electron chi connectivity index (χ0n) is 13.7. The van der Waals surface area contributed by atoms with Crippen molar-refractivity contribution in [3.63, 3.8) is 0 Å². The van der Waals surface area contributed by atoms with Crippen molar-refractivity contribution in [2.24, 2.45) is 5.92 Å². The molecule has 4 heteroatoms. The molecule has 1 rings (SSSR count). The van der Waals surface area contributed by atoms with Crippen LogP contribution in [0.4, 0.5) is 0 Å². The summed E-state index contributed by atoms with van der Waals surface area (Å²) in [5.74, 6) is -0.101. The van der Waals surface area contributed by atoms with Crippen molar-refractivity contribution in [3.05, 3.63) is 12.7 Å². The van der Waals surface area contributed by atoms with Crippen molar-refractivity contribution >= 4 is 5.97 Å². The van der Waals surface area contributed by atoms with Gasteiger partial charge >= 0.3 is 5.97 Å². The van der Waals surface area contributed by atoms with Gasteiger partial charge in [-0.1, -0.05) is 20.4 Å². The molecule has 0 bridgehead atoms. The third kappa shape index (κ3) is 3.41. The molecule has 1 aliphatic heterocycles. The van der Waals surface area contributed by atoms with Crippen LogP contribution >= 0.6 is 0 Å². The molecule has 0 N–H and O–H groups in total. The summed E-state index contributed by atoms with van der Waals surface area (Å²) in [7, 11) is 0. The first-order chi connectivity index (χ1) is 9.16. The summed E-state index contributed by atoms with van der Waals surface area (Å²) in [6, 6.07) is 0. The Morgan fingerprint density at radius 3 is 2.50 bits per heavy atom. The molecule has 0 amide bonds. The monoisotopic (exact) mass is 283 g/mol. The lowest BCUT2D eigenvalue weighted by atomic mass is 9.73. The Hall–Kier alpha value is -0.870. The highest BCUT2D eigenvalue weighted by Crippen LogP contribution is 2.43. The highest BCUT2D eigenvalue weighted by Gasteiger charge is 2.53. The molecular formula is C16H29NO3. The minimum Gasteiger partial charge on any atom is -0.457 e. The topological polar surface area (TPSA) is 38.8 Å². The van der Waals surface area contributed by atoms with Gasteiger partial charge < -0.3 is 4.74 Å². The van der Waals surface area contributed by atoms with Crippen LogP contribution in [-0.4, -0.2) is 34.8 Å². The predicted molar refractivity (Wildman–Crippen MR) is 80.1 cm³/mol. The maximum Gasteiger partial charge on any atom is 0.330 e. The molecule has 0 aliphatic carbocycles. The Bertz CT molecular complexity index is 363. The molecular weight excluding hydrogens is 254 g/mol. The number of rotatable bonds is 5. The first kappa shape index (κ1) is 17.2. The van der Waals surface area contributed by atoms with Gasteiger partial charge in [0, 0.05) is 11.6 Å². The Kier molecular flexibility index (Phi) is 5.39. The van der Waals surface area contributed by atoms with E-state index in [2.05, 4.69) is 48.1 Å². The second-order valence-electron chi connectivity index (χ2n) is 6.84. The Balaban J connectivity index is 3.02. The van der Waals surface area contributed by atoms with E-state index >= 15 is 0 Å². The second kappa shape index (κ2) is 6.27. The maximum absolute atomic E-state index is 11.6. The van der Waals surface area contributed by atoms with E-state index in [4.69, 9.17) is 9.57 Å². The van der Waals surface area contributed by atoms with Gasteiger partial charge in [0.05, 0.1) is 12.1 Å². The van der Waals surface area contributed by atoms with E-state index in [9.17, 15) is 4.79 Å². The number of hydrogen-bond donors (Lipinski definition) is 0. The highest BCUT2D eigenvalue weighted by molar-refractivity contribution is 5.81. The van der Waals surface area contributed by atoms with E-state index in [0.29, 0.717) is 6.61 Å². The fourth-order valence-corrected chi connectivity index (χ4v) is 3.53. The van der Waals surface area contributed by atoms with E-state index in [0.717, 1.165) is 12.8 Å². The molecule has 20 heavy (non-hydrogen) atoms. The van der Waals surface area contributed by atoms with Gasteiger partial charge in [0.1, 0.15) is 6.10 Å². The molecule has 1 fully saturated rings. The second-order valence-corrected chi connectivity index (χ2v) is 6.84. The normalized spacial score (nSPS) is 28.9. The van der Waals surface area contributed by atoms with Gasteiger partial charge in [0.15, 0.2) is 0 Å². The van der Waals surface area contributed by atoms with Gasteiger partial charge in [-0.15, -0.1) is 0 Å². The van der Waals surface area contributed by atoms with Crippen LogP contribution in [0.15, 0.2) is 12.7 Å². The molecule has 1 aliphatic rings. The van der Waals surface area contributed by atoms with Crippen LogP contribution in [0.1, 0.15) is 54.4 Å². The van der Waals surface area contributed by atoms with Crippen molar-refractivity contribution in [3.8, 4) is 0 Å². The predicted octanol–water partition coefficient (Wildman–Crippen LogP) is 3.32. The van der Waals surface area contributed by atoms with Gasteiger partial charge in [0.2, 0.25) is 0 Å². The van der Waals surface area contributed by atoms with Crippen molar-refractivity contribution in [1.29, 1.82) is 0 Å². The van der Waals surface area contributed by atoms with E-state index in [-0.39, 0.29) is 29.1 Å². The molecule has 2 unspecified atom stereocenters. The van der Waals surface area contributed by atoms with Gasteiger partial charge in [-0.2, -0.15) is 5.06 Å². The molecule has 116 valence electrons. The minimum atomic E-state index is -0.380. The average molecular weight is 283 g/mol. The largest absolute Gasteiger partial charge is 0.457 e. The van der Waals surface area contributed by atoms with Crippen LogP contribution in [0.2, 0.25) is 0 Å². The van der Waals surface area contributed by atoms with Crippen LogP contribution in [0.5, 0.6) is 0 Å². The molecule has 0 aromatic carbocycles. The van der Waals surface area contributed by atoms with Crippen LogP contribution in [-0.2, 0) is 14.4 Å². The molecule has 0 spiro atoms. The van der Waals surface area contributed by atoms with Crippen LogP contribution in [0.3, 0.4) is 0 Å². The summed E-state index contributed by atoms with van der Waals surface area (Å²) in [4.78, 5) is 17.6. The SMILES string of the molecule is C=CC(=O)OC1C(C)CC(C)(C)N(OCCC)C1(C)C. The van der Waals surface area contributed by atoms with E-state index in [1.165, 1.54) is 6.08 Å². The van der Waals surface area contributed by atoms with Crippen LogP contribution < -0.4 is 0 Å². The van der Waals surface area contributed by atoms with Gasteiger partial charge in [0.25, 0.3) is 0 Å². The number of carbonyl (C=O) groups excluding carboxylic acids is 1. The average Bonchev–Trinajstić information content (AvgIpc) is 2.33. The highest BCUT2D eigenvalue weighted by atomic mass is 16.7. The zero-order chi connectivity index (χ0) is 15.6.